The van der Waals surface area contributed by atoms with Gasteiger partial charge < -0.3 is 14.9 Å². The number of benzene rings is 1. The van der Waals surface area contributed by atoms with Gasteiger partial charge in [-0.1, -0.05) is 0 Å². The molecule has 1 aromatic carbocycles. The van der Waals surface area contributed by atoms with Crippen molar-refractivity contribution in [1.29, 1.82) is 0 Å². The van der Waals surface area contributed by atoms with Gasteiger partial charge in [0.25, 0.3) is 0 Å². The van der Waals surface area contributed by atoms with Gasteiger partial charge in [-0.05, 0) is 0 Å². The number of aromatic hydroxyl groups is 2. The van der Waals surface area contributed by atoms with Gasteiger partial charge in [0.15, 0.2) is 0 Å². The molecule has 0 atom stereocenters. The van der Waals surface area contributed by atoms with Crippen LogP contribution in [0.25, 0.3) is 0 Å². The lowest BCUT2D eigenvalue weighted by atomic mass is 10.3. The number of rotatable bonds is 2. The van der Waals surface area contributed by atoms with Crippen molar-refractivity contribution in [3.8, 4) is 17.2 Å². The Kier molecular flexibility index (Phi) is 2.71. The molecule has 1 aromatic rings. The number of hydrogen-bond acceptors (Lipinski definition) is 5. The standard InChI is InChI=1S/C9H8O5/c1-5(10)9(13)14-8-3-6(11)2-7(12)4-8/h2-4,11-12H,1H3. The summed E-state index contributed by atoms with van der Waals surface area (Å²) >= 11 is 0. The van der Waals surface area contributed by atoms with Crippen LogP contribution in [-0.4, -0.2) is 22.0 Å². The number of carbonyl (C=O) groups excluding carboxylic acids is 2. The Bertz CT molecular complexity index is 363. The second-order valence-electron chi connectivity index (χ2n) is 2.63. The van der Waals surface area contributed by atoms with Crippen LogP contribution in [-0.2, 0) is 9.59 Å². The van der Waals surface area contributed by atoms with Gasteiger partial charge in [0.1, 0.15) is 17.2 Å². The molecular weight excluding hydrogens is 188 g/mol. The lowest BCUT2D eigenvalue weighted by Gasteiger charge is -2.02. The molecule has 0 bridgehead atoms. The molecule has 0 fully saturated rings. The summed E-state index contributed by atoms with van der Waals surface area (Å²) in [7, 11) is 0. The van der Waals surface area contributed by atoms with Gasteiger partial charge in [-0.25, -0.2) is 4.79 Å². The molecule has 2 N–H and O–H groups in total. The van der Waals surface area contributed by atoms with Gasteiger partial charge in [0.05, 0.1) is 0 Å². The van der Waals surface area contributed by atoms with Crippen LogP contribution in [0.4, 0.5) is 0 Å². The highest BCUT2D eigenvalue weighted by Gasteiger charge is 2.11. The van der Waals surface area contributed by atoms with Gasteiger partial charge in [-0.2, -0.15) is 0 Å². The first-order chi connectivity index (χ1) is 6.49. The number of ketones is 1. The van der Waals surface area contributed by atoms with Crippen LogP contribution in [0.15, 0.2) is 18.2 Å². The summed E-state index contributed by atoms with van der Waals surface area (Å²) in [6, 6.07) is 3.30. The van der Waals surface area contributed by atoms with E-state index in [-0.39, 0.29) is 17.2 Å². The highest BCUT2D eigenvalue weighted by molar-refractivity contribution is 6.33. The molecule has 0 saturated heterocycles. The molecule has 74 valence electrons. The van der Waals surface area contributed by atoms with Crippen molar-refractivity contribution in [2.45, 2.75) is 6.92 Å². The van der Waals surface area contributed by atoms with Crippen LogP contribution in [0.1, 0.15) is 6.92 Å². The summed E-state index contributed by atoms with van der Waals surface area (Å²) in [6.07, 6.45) is 0. The van der Waals surface area contributed by atoms with Crippen molar-refractivity contribution in [1.82, 2.24) is 0 Å². The van der Waals surface area contributed by atoms with E-state index in [0.29, 0.717) is 0 Å². The molecule has 0 amide bonds. The van der Waals surface area contributed by atoms with Crippen molar-refractivity contribution in [2.24, 2.45) is 0 Å². The Morgan fingerprint density at radius 1 is 1.14 bits per heavy atom. The van der Waals surface area contributed by atoms with Gasteiger partial charge in [-0.15, -0.1) is 0 Å². The predicted octanol–water partition coefficient (Wildman–Crippen LogP) is 0.592. The fraction of sp³-hybridized carbons (Fsp3) is 0.111. The minimum atomic E-state index is -1.05. The van der Waals surface area contributed by atoms with Crippen molar-refractivity contribution in [3.63, 3.8) is 0 Å². The molecule has 0 aliphatic carbocycles. The minimum absolute atomic E-state index is 0.0808. The van der Waals surface area contributed by atoms with Crippen molar-refractivity contribution >= 4 is 11.8 Å². The van der Waals surface area contributed by atoms with Gasteiger partial charge >= 0.3 is 5.97 Å². The van der Waals surface area contributed by atoms with E-state index in [1.54, 1.807) is 0 Å². The van der Waals surface area contributed by atoms with Gasteiger partial charge in [0.2, 0.25) is 5.78 Å². The number of carbonyl (C=O) groups is 2. The Morgan fingerprint density at radius 3 is 2.07 bits per heavy atom. The first-order valence-electron chi connectivity index (χ1n) is 3.75. The minimum Gasteiger partial charge on any atom is -0.508 e. The van der Waals surface area contributed by atoms with E-state index in [1.165, 1.54) is 0 Å². The maximum absolute atomic E-state index is 10.8. The van der Waals surface area contributed by atoms with Crippen LogP contribution in [0.3, 0.4) is 0 Å². The number of phenols is 2. The molecule has 0 aliphatic heterocycles. The zero-order valence-electron chi connectivity index (χ0n) is 7.35. The smallest absolute Gasteiger partial charge is 0.379 e. The quantitative estimate of drug-likeness (QED) is 0.411. The third kappa shape index (κ3) is 2.48. The zero-order valence-corrected chi connectivity index (χ0v) is 7.35. The molecule has 0 aromatic heterocycles. The maximum Gasteiger partial charge on any atom is 0.379 e. The van der Waals surface area contributed by atoms with Crippen molar-refractivity contribution in [2.75, 3.05) is 0 Å². The largest absolute Gasteiger partial charge is 0.508 e. The Hall–Kier alpha value is -2.04. The van der Waals surface area contributed by atoms with Crippen molar-refractivity contribution < 1.29 is 24.5 Å². The summed E-state index contributed by atoms with van der Waals surface area (Å²) < 4.78 is 4.53. The van der Waals surface area contributed by atoms with Crippen LogP contribution >= 0.6 is 0 Å². The fourth-order valence-electron chi connectivity index (χ4n) is 0.806. The van der Waals surface area contributed by atoms with E-state index in [1.807, 2.05) is 0 Å². The second kappa shape index (κ2) is 3.78. The first-order valence-corrected chi connectivity index (χ1v) is 3.75. The second-order valence-corrected chi connectivity index (χ2v) is 2.63. The van der Waals surface area contributed by atoms with E-state index >= 15 is 0 Å². The van der Waals surface area contributed by atoms with E-state index in [2.05, 4.69) is 4.74 Å². The first kappa shape index (κ1) is 10.0. The van der Waals surface area contributed by atoms with Crippen LogP contribution in [0.2, 0.25) is 0 Å². The molecule has 0 heterocycles. The van der Waals surface area contributed by atoms with Crippen molar-refractivity contribution in [3.05, 3.63) is 18.2 Å². The summed E-state index contributed by atoms with van der Waals surface area (Å²) in [4.78, 5) is 21.3. The number of esters is 1. The van der Waals surface area contributed by atoms with Gasteiger partial charge in [0, 0.05) is 25.1 Å². The number of ether oxygens (including phenoxy) is 1. The molecule has 0 aliphatic rings. The highest BCUT2D eigenvalue weighted by atomic mass is 16.5. The SMILES string of the molecule is CC(=O)C(=O)Oc1cc(O)cc(O)c1. The molecule has 0 unspecified atom stereocenters. The highest BCUT2D eigenvalue weighted by Crippen LogP contribution is 2.25. The Morgan fingerprint density at radius 2 is 1.64 bits per heavy atom. The number of phenolic OH excluding ortho intramolecular Hbond substituents is 2. The molecule has 5 heteroatoms. The summed E-state index contributed by atoms with van der Waals surface area (Å²) in [5.41, 5.74) is 0. The number of hydrogen-bond donors (Lipinski definition) is 2. The molecular formula is C9H8O5. The van der Waals surface area contributed by atoms with E-state index < -0.39 is 11.8 Å². The predicted molar refractivity (Wildman–Crippen MR) is 46.1 cm³/mol. The monoisotopic (exact) mass is 196 g/mol. The fourth-order valence-corrected chi connectivity index (χ4v) is 0.806. The summed E-state index contributed by atoms with van der Waals surface area (Å²) in [6.45, 7) is 1.06. The van der Waals surface area contributed by atoms with Gasteiger partial charge in [-0.3, -0.25) is 4.79 Å². The molecule has 0 saturated carbocycles. The van der Waals surface area contributed by atoms with E-state index in [4.69, 9.17) is 10.2 Å². The van der Waals surface area contributed by atoms with Crippen LogP contribution < -0.4 is 4.74 Å². The van der Waals surface area contributed by atoms with E-state index in [0.717, 1.165) is 25.1 Å². The van der Waals surface area contributed by atoms with E-state index in [9.17, 15) is 9.59 Å². The van der Waals surface area contributed by atoms with Crippen LogP contribution in [0, 0.1) is 0 Å². The number of Topliss-reactive ketones (excluding diaryl/α,β-unsaturated/α-hetero) is 1. The molecule has 0 radical (unpaired) electrons. The normalized spacial score (nSPS) is 9.50. The Balaban J connectivity index is 2.87. The average molecular weight is 196 g/mol. The molecule has 1 rings (SSSR count). The summed E-state index contributed by atoms with van der Waals surface area (Å²) in [5.74, 6) is -2.39. The topological polar surface area (TPSA) is 83.8 Å². The van der Waals surface area contributed by atoms with Crippen LogP contribution in [0.5, 0.6) is 17.2 Å². The average Bonchev–Trinajstić information content (AvgIpc) is 2.01. The lowest BCUT2D eigenvalue weighted by Crippen LogP contribution is -2.16. The third-order valence-electron chi connectivity index (χ3n) is 1.37. The third-order valence-corrected chi connectivity index (χ3v) is 1.37. The Labute approximate surface area is 79.6 Å². The lowest BCUT2D eigenvalue weighted by molar-refractivity contribution is -0.146. The zero-order chi connectivity index (χ0) is 10.7. The summed E-state index contributed by atoms with van der Waals surface area (Å²) in [5, 5.41) is 18.0. The molecule has 0 spiro atoms. The molecule has 5 nitrogen and oxygen atoms in total. The molecule has 14 heavy (non-hydrogen) atoms. The maximum atomic E-state index is 10.8.